The molecule has 2 heterocycles. The highest BCUT2D eigenvalue weighted by atomic mass is 16.5. The van der Waals surface area contributed by atoms with Crippen LogP contribution in [0.2, 0.25) is 0 Å². The van der Waals surface area contributed by atoms with E-state index in [1.54, 1.807) is 31.4 Å². The highest BCUT2D eigenvalue weighted by Crippen LogP contribution is 2.24. The zero-order valence-electron chi connectivity index (χ0n) is 17.2. The summed E-state index contributed by atoms with van der Waals surface area (Å²) >= 11 is 0. The number of H-pyrrole nitrogens is 1. The van der Waals surface area contributed by atoms with Gasteiger partial charge in [-0.25, -0.2) is 0 Å². The molecule has 160 valence electrons. The van der Waals surface area contributed by atoms with Gasteiger partial charge in [-0.05, 0) is 48.7 Å². The van der Waals surface area contributed by atoms with Gasteiger partial charge >= 0.3 is 0 Å². The van der Waals surface area contributed by atoms with Crippen molar-refractivity contribution in [3.05, 3.63) is 59.8 Å². The molecule has 2 aromatic carbocycles. The van der Waals surface area contributed by atoms with Gasteiger partial charge in [-0.2, -0.15) is 0 Å². The summed E-state index contributed by atoms with van der Waals surface area (Å²) in [6.07, 6.45) is 2.95. The number of anilines is 1. The first-order valence-corrected chi connectivity index (χ1v) is 10.2. The molecule has 1 atom stereocenters. The summed E-state index contributed by atoms with van der Waals surface area (Å²) in [5.74, 6) is -0.0301. The fourth-order valence-electron chi connectivity index (χ4n) is 3.71. The number of benzene rings is 2. The van der Waals surface area contributed by atoms with Crippen LogP contribution in [0.15, 0.2) is 48.7 Å². The minimum Gasteiger partial charge on any atom is -0.497 e. The van der Waals surface area contributed by atoms with Gasteiger partial charge in [-0.3, -0.25) is 14.4 Å². The maximum absolute atomic E-state index is 12.4. The van der Waals surface area contributed by atoms with E-state index in [1.165, 1.54) is 0 Å². The van der Waals surface area contributed by atoms with Crippen LogP contribution in [0.3, 0.4) is 0 Å². The van der Waals surface area contributed by atoms with Crippen molar-refractivity contribution < 1.29 is 19.1 Å². The maximum Gasteiger partial charge on any atom is 0.254 e. The predicted octanol–water partition coefficient (Wildman–Crippen LogP) is 2.37. The number of aromatic amines is 1. The summed E-state index contributed by atoms with van der Waals surface area (Å²) in [6.45, 7) is 0.470. The molecule has 4 rings (SSSR count). The third-order valence-electron chi connectivity index (χ3n) is 5.40. The Morgan fingerprint density at radius 2 is 2.00 bits per heavy atom. The van der Waals surface area contributed by atoms with Crippen molar-refractivity contribution in [2.24, 2.45) is 0 Å². The molecule has 3 amide bonds. The number of rotatable bonds is 7. The Kier molecular flexibility index (Phi) is 5.88. The van der Waals surface area contributed by atoms with Gasteiger partial charge in [-0.15, -0.1) is 0 Å². The lowest BCUT2D eigenvalue weighted by Crippen LogP contribution is -2.42. The lowest BCUT2D eigenvalue weighted by molar-refractivity contribution is -0.121. The van der Waals surface area contributed by atoms with Gasteiger partial charge in [0.05, 0.1) is 18.4 Å². The molecule has 1 aliphatic heterocycles. The average molecular weight is 420 g/mol. The number of carbonyl (C=O) groups excluding carboxylic acids is 3. The molecule has 3 aromatic rings. The summed E-state index contributed by atoms with van der Waals surface area (Å²) in [6, 6.07) is 11.9. The number of amides is 3. The van der Waals surface area contributed by atoms with Gasteiger partial charge in [0.15, 0.2) is 0 Å². The number of hydrogen-bond acceptors (Lipinski definition) is 4. The molecule has 8 nitrogen and oxygen atoms in total. The van der Waals surface area contributed by atoms with Gasteiger partial charge in [-0.1, -0.05) is 12.1 Å². The molecular formula is C23H24N4O4. The van der Waals surface area contributed by atoms with Crippen LogP contribution in [-0.4, -0.2) is 42.4 Å². The first kappa shape index (κ1) is 20.5. The Bertz CT molecular complexity index is 1140. The quantitative estimate of drug-likeness (QED) is 0.470. The number of fused-ring (bicyclic) bond motifs is 2. The number of methoxy groups -OCH3 is 1. The number of carbonyl (C=O) groups is 3. The fraction of sp³-hybridized carbons (Fsp3) is 0.261. The Balaban J connectivity index is 1.28. The predicted molar refractivity (Wildman–Crippen MR) is 117 cm³/mol. The van der Waals surface area contributed by atoms with Crippen LogP contribution in [0.25, 0.3) is 10.9 Å². The number of ether oxygens (including phenoxy) is 1. The third kappa shape index (κ3) is 4.53. The maximum atomic E-state index is 12.4. The van der Waals surface area contributed by atoms with Crippen molar-refractivity contribution in [1.82, 2.24) is 15.6 Å². The van der Waals surface area contributed by atoms with Crippen molar-refractivity contribution >= 4 is 34.3 Å². The van der Waals surface area contributed by atoms with E-state index in [4.69, 9.17) is 4.74 Å². The molecular weight excluding hydrogens is 396 g/mol. The molecule has 1 aliphatic rings. The summed E-state index contributed by atoms with van der Waals surface area (Å²) in [4.78, 5) is 40.3. The third-order valence-corrected chi connectivity index (χ3v) is 5.40. The minimum atomic E-state index is -0.758. The monoisotopic (exact) mass is 420 g/mol. The summed E-state index contributed by atoms with van der Waals surface area (Å²) in [5, 5.41) is 9.39. The Morgan fingerprint density at radius 3 is 2.84 bits per heavy atom. The largest absolute Gasteiger partial charge is 0.497 e. The highest BCUT2D eigenvalue weighted by molar-refractivity contribution is 6.09. The molecule has 4 N–H and O–H groups in total. The fourth-order valence-corrected chi connectivity index (χ4v) is 3.71. The van der Waals surface area contributed by atoms with Crippen LogP contribution in [0, 0.1) is 0 Å². The van der Waals surface area contributed by atoms with E-state index < -0.39 is 6.04 Å². The second kappa shape index (κ2) is 8.91. The van der Waals surface area contributed by atoms with Gasteiger partial charge in [0, 0.05) is 30.1 Å². The molecule has 8 heteroatoms. The van der Waals surface area contributed by atoms with Crippen molar-refractivity contribution in [1.29, 1.82) is 0 Å². The smallest absolute Gasteiger partial charge is 0.254 e. The van der Waals surface area contributed by atoms with E-state index in [9.17, 15) is 14.4 Å². The summed E-state index contributed by atoms with van der Waals surface area (Å²) in [7, 11) is 1.63. The van der Waals surface area contributed by atoms with Crippen molar-refractivity contribution in [2.45, 2.75) is 25.3 Å². The molecule has 0 saturated carbocycles. The van der Waals surface area contributed by atoms with Gasteiger partial charge in [0.1, 0.15) is 11.8 Å². The van der Waals surface area contributed by atoms with Crippen LogP contribution in [0.5, 0.6) is 5.75 Å². The zero-order chi connectivity index (χ0) is 21.8. The average Bonchev–Trinajstić information content (AvgIpc) is 3.13. The normalized spacial score (nSPS) is 15.6. The van der Waals surface area contributed by atoms with Crippen LogP contribution >= 0.6 is 0 Å². The molecule has 0 bridgehead atoms. The van der Waals surface area contributed by atoms with Crippen molar-refractivity contribution in [2.75, 3.05) is 19.0 Å². The minimum absolute atomic E-state index is 0.135. The van der Waals surface area contributed by atoms with Crippen LogP contribution < -0.4 is 20.7 Å². The molecule has 0 unspecified atom stereocenters. The number of hydrogen-bond donors (Lipinski definition) is 4. The van der Waals surface area contributed by atoms with Crippen molar-refractivity contribution in [3.63, 3.8) is 0 Å². The van der Waals surface area contributed by atoms with E-state index in [-0.39, 0.29) is 30.6 Å². The molecule has 0 saturated heterocycles. The molecule has 31 heavy (non-hydrogen) atoms. The standard InChI is InChI=1S/C23H24N4O4/c1-31-15-6-7-18-17(12-15)14(13-25-18)10-11-24-21(28)9-8-20-23(30)26-19-5-3-2-4-16(19)22(29)27-20/h2-7,12-13,20,25H,8-11H2,1H3,(H,24,28)(H,26,30)(H,27,29)/t20-/m0/s1. The number of para-hydroxylation sites is 1. The van der Waals surface area contributed by atoms with Gasteiger partial charge in [0.25, 0.3) is 5.91 Å². The molecule has 1 aromatic heterocycles. The Hall–Kier alpha value is -3.81. The van der Waals surface area contributed by atoms with Gasteiger partial charge < -0.3 is 25.7 Å². The lowest BCUT2D eigenvalue weighted by atomic mass is 10.1. The molecule has 0 fully saturated rings. The summed E-state index contributed by atoms with van der Waals surface area (Å²) < 4.78 is 5.28. The van der Waals surface area contributed by atoms with Crippen LogP contribution in [0.1, 0.15) is 28.8 Å². The number of nitrogens with one attached hydrogen (secondary N) is 4. The van der Waals surface area contributed by atoms with Crippen LogP contribution in [0.4, 0.5) is 5.69 Å². The van der Waals surface area contributed by atoms with E-state index in [1.807, 2.05) is 24.4 Å². The van der Waals surface area contributed by atoms with Crippen LogP contribution in [-0.2, 0) is 16.0 Å². The molecule has 0 aliphatic carbocycles. The van der Waals surface area contributed by atoms with Crippen molar-refractivity contribution in [3.8, 4) is 5.75 Å². The SMILES string of the molecule is COc1ccc2[nH]cc(CCNC(=O)CC[C@@H]3NC(=O)c4ccccc4NC3=O)c2c1. The second-order valence-electron chi connectivity index (χ2n) is 7.42. The lowest BCUT2D eigenvalue weighted by Gasteiger charge is -2.14. The molecule has 0 spiro atoms. The summed E-state index contributed by atoms with van der Waals surface area (Å²) in [5.41, 5.74) is 2.99. The highest BCUT2D eigenvalue weighted by Gasteiger charge is 2.27. The van der Waals surface area contributed by atoms with E-state index in [0.717, 1.165) is 22.2 Å². The number of aromatic nitrogens is 1. The molecule has 0 radical (unpaired) electrons. The first-order valence-electron chi connectivity index (χ1n) is 10.2. The topological polar surface area (TPSA) is 112 Å². The zero-order valence-corrected chi connectivity index (χ0v) is 17.2. The van der Waals surface area contributed by atoms with E-state index in [0.29, 0.717) is 24.2 Å². The van der Waals surface area contributed by atoms with E-state index in [2.05, 4.69) is 20.9 Å². The second-order valence-corrected chi connectivity index (χ2v) is 7.42. The van der Waals surface area contributed by atoms with Gasteiger partial charge in [0.2, 0.25) is 11.8 Å². The Morgan fingerprint density at radius 1 is 1.16 bits per heavy atom. The van der Waals surface area contributed by atoms with E-state index >= 15 is 0 Å². The Labute approximate surface area is 179 Å². The first-order chi connectivity index (χ1) is 15.0.